The number of guanidine groups is 1. The molecule has 0 spiro atoms. The Morgan fingerprint density at radius 3 is 1.78 bits per heavy atom. The molecule has 7 amide bonds. The molecule has 1 fully saturated rings. The second kappa shape index (κ2) is 58.5. The predicted octanol–water partition coefficient (Wildman–Crippen LogP) is 4.29. The van der Waals surface area contributed by atoms with E-state index in [2.05, 4.69) is 74.0 Å². The van der Waals surface area contributed by atoms with Crippen LogP contribution in [0.15, 0.2) is 71.7 Å². The first-order valence-corrected chi connectivity index (χ1v) is 42.6. The topological polar surface area (TPSA) is 450 Å². The molecule has 0 bridgehead atoms. The summed E-state index contributed by atoms with van der Waals surface area (Å²) in [5.74, 6) is -9.43. The van der Waals surface area contributed by atoms with Crippen LogP contribution in [0.4, 0.5) is 0 Å². The summed E-state index contributed by atoms with van der Waals surface area (Å²) >= 11 is 4.00. The number of Topliss-reactive ketones (excluding diaryl/α,β-unsaturated/α-hetero) is 4. The van der Waals surface area contributed by atoms with Crippen molar-refractivity contribution in [2.24, 2.45) is 45.9 Å². The molecule has 30 nitrogen and oxygen atoms in total. The minimum atomic E-state index is -1.21. The van der Waals surface area contributed by atoms with Crippen LogP contribution in [0.5, 0.6) is 5.75 Å². The molecule has 0 radical (unpaired) electrons. The zero-order valence-corrected chi connectivity index (χ0v) is 69.1. The minimum absolute atomic E-state index is 0.0176. The van der Waals surface area contributed by atoms with Crippen molar-refractivity contribution in [2.45, 2.75) is 180 Å². The number of nitrogens with one attached hydrogen (secondary N) is 8. The Balaban J connectivity index is 1.52. The van der Waals surface area contributed by atoms with Gasteiger partial charge in [-0.1, -0.05) is 123 Å². The van der Waals surface area contributed by atoms with Gasteiger partial charge in [0.05, 0.1) is 104 Å². The summed E-state index contributed by atoms with van der Waals surface area (Å²) in [6.07, 6.45) is 3.04. The third-order valence-electron chi connectivity index (χ3n) is 18.4. The molecule has 632 valence electrons. The van der Waals surface area contributed by atoms with Crippen LogP contribution in [0, 0.1) is 23.7 Å². The normalized spacial score (nSPS) is 18.7. The molecule has 33 heteroatoms. The van der Waals surface area contributed by atoms with Crippen LogP contribution >= 0.6 is 34.2 Å². The second-order valence-electron chi connectivity index (χ2n) is 28.8. The number of amides is 7. The molecule has 3 aromatic carbocycles. The molecule has 0 saturated carbocycles. The summed E-state index contributed by atoms with van der Waals surface area (Å²) in [6.45, 7) is 13.9. The Bertz CT molecular complexity index is 3390. The van der Waals surface area contributed by atoms with Gasteiger partial charge in [-0.25, -0.2) is 0 Å². The van der Waals surface area contributed by atoms with E-state index in [1.54, 1.807) is 12.1 Å². The van der Waals surface area contributed by atoms with E-state index in [0.29, 0.717) is 77.6 Å². The van der Waals surface area contributed by atoms with Gasteiger partial charge in [-0.2, -0.15) is 12.6 Å². The fourth-order valence-electron chi connectivity index (χ4n) is 12.2. The molecule has 3 aromatic rings. The summed E-state index contributed by atoms with van der Waals surface area (Å²) < 4.78 is 33.4. The van der Waals surface area contributed by atoms with Crippen molar-refractivity contribution < 1.29 is 86.3 Å². The largest absolute Gasteiger partial charge is 0.508 e. The standard InChI is InChI=1S/C80H126N12O18S3/c1-54(2)84-27-11-6-7-17-68(79(104)86-30-32-106-34-36-108-38-40-110-42-41-109-39-37-107-35-33-105-31-25-73(98)89-70(52-111)74(81)99)91-78(103)64-48-66(95)51-88-75(100)63(46-58-19-22-59-14-8-9-15-60(59)45-58)50-71(96)67(18-13-29-87-80(82)83)90-76(101)61(16-10-12-28-85-55(3)4)49-72(97)69(47-57-20-23-65(94)24-21-57)92-77(102)62(44-56(5)93)26-43-112-113-53-64/h8-9,14-15,19-24,45,54-55,61-64,67-70,84-85,94,111H,6-7,10-13,16-18,25-44,46-53H2,1-5H3,(H2,81,99)(H,86,104)(H,88,100)(H,89,98)(H,90,101)(H,91,103)(H,92,102)(H4,82,83,87)/t61?,62?,63?,64?,67-,68?,69?,70?/m1/s1. The van der Waals surface area contributed by atoms with E-state index in [4.69, 9.17) is 45.6 Å². The Labute approximate surface area is 679 Å². The van der Waals surface area contributed by atoms with E-state index >= 15 is 4.79 Å². The Morgan fingerprint density at radius 1 is 0.593 bits per heavy atom. The number of carbonyl (C=O) groups is 11. The number of nitrogens with zero attached hydrogens (tertiary/aromatic N) is 1. The number of aromatic hydroxyl groups is 1. The average Bonchev–Trinajstić information content (AvgIpc) is 0.720. The van der Waals surface area contributed by atoms with Crippen LogP contribution in [0.1, 0.15) is 142 Å². The predicted molar refractivity (Wildman–Crippen MR) is 442 cm³/mol. The van der Waals surface area contributed by atoms with Crippen molar-refractivity contribution in [1.82, 2.24) is 42.5 Å². The first-order valence-electron chi connectivity index (χ1n) is 39.5. The maximum atomic E-state index is 15.1. The molecule has 8 atom stereocenters. The van der Waals surface area contributed by atoms with Crippen LogP contribution in [0.25, 0.3) is 10.8 Å². The molecular formula is C80H126N12O18S3. The highest BCUT2D eigenvalue weighted by atomic mass is 33.1. The number of fused-ring (bicyclic) bond motifs is 1. The van der Waals surface area contributed by atoms with E-state index < -0.39 is 114 Å². The highest BCUT2D eigenvalue weighted by Crippen LogP contribution is 2.30. The van der Waals surface area contributed by atoms with Gasteiger partial charge in [0.2, 0.25) is 41.4 Å². The summed E-state index contributed by atoms with van der Waals surface area (Å²) in [5, 5.41) is 35.9. The van der Waals surface area contributed by atoms with Crippen LogP contribution in [-0.4, -0.2) is 241 Å². The number of phenolic OH excluding ortho intramolecular Hbond substituents is 1. The van der Waals surface area contributed by atoms with Crippen LogP contribution in [0.2, 0.25) is 0 Å². The minimum Gasteiger partial charge on any atom is -0.508 e. The number of carbonyl (C=O) groups excluding carboxylic acids is 11. The van der Waals surface area contributed by atoms with Crippen molar-refractivity contribution in [2.75, 3.05) is 129 Å². The lowest BCUT2D eigenvalue weighted by molar-refractivity contribution is -0.135. The SMILES string of the molecule is CC(=O)CC1CCSSCC(C(=O)NC(CCCCCNC(C)C)C(=O)NCCOCCOCCOCCOCCOCCOCCC(=O)NC(CS)C(N)=O)CC(=O)CNC(=O)C(Cc2ccc3ccccc3c2)CC(=O)[C@@H](CCCN=C(N)N)NC(=O)C(CCCCNC(C)C)CC(=O)C(Cc2ccc(O)cc2)NC1=O. The number of thiol groups is 1. The number of phenols is 1. The quantitative estimate of drug-likeness (QED) is 0.0123. The highest BCUT2D eigenvalue weighted by Gasteiger charge is 2.35. The number of nitrogens with two attached hydrogens (primary N) is 3. The fourth-order valence-corrected chi connectivity index (χ4v) is 14.9. The van der Waals surface area contributed by atoms with Crippen molar-refractivity contribution in [3.05, 3.63) is 77.9 Å². The second-order valence-corrected chi connectivity index (χ2v) is 31.8. The van der Waals surface area contributed by atoms with Gasteiger partial charge in [0.1, 0.15) is 23.6 Å². The molecule has 0 aliphatic carbocycles. The Hall–Kier alpha value is -7.31. The summed E-state index contributed by atoms with van der Waals surface area (Å²) in [6, 6.07) is 15.8. The molecule has 4 rings (SSSR count). The molecule has 1 aliphatic rings. The van der Waals surface area contributed by atoms with E-state index in [9.17, 15) is 53.1 Å². The van der Waals surface area contributed by atoms with Crippen molar-refractivity contribution in [1.29, 1.82) is 0 Å². The smallest absolute Gasteiger partial charge is 0.242 e. The van der Waals surface area contributed by atoms with E-state index in [-0.39, 0.29) is 169 Å². The van der Waals surface area contributed by atoms with Crippen LogP contribution in [-0.2, 0) is 94.0 Å². The van der Waals surface area contributed by atoms with Gasteiger partial charge in [-0.05, 0) is 112 Å². The number of hydrogen-bond acceptors (Lipinski definition) is 24. The monoisotopic (exact) mass is 1640 g/mol. The van der Waals surface area contributed by atoms with Crippen molar-refractivity contribution in [3.63, 3.8) is 0 Å². The lowest BCUT2D eigenvalue weighted by Gasteiger charge is -2.26. The molecular weight excluding hydrogens is 1510 g/mol. The summed E-state index contributed by atoms with van der Waals surface area (Å²) in [5.41, 5.74) is 17.9. The van der Waals surface area contributed by atoms with Gasteiger partial charge < -0.3 is 98.1 Å². The van der Waals surface area contributed by atoms with E-state index in [1.165, 1.54) is 40.6 Å². The van der Waals surface area contributed by atoms with Crippen LogP contribution < -0.4 is 59.7 Å². The molecule has 15 N–H and O–H groups in total. The van der Waals surface area contributed by atoms with E-state index in [0.717, 1.165) is 35.7 Å². The number of ketones is 4. The molecule has 113 heavy (non-hydrogen) atoms. The van der Waals surface area contributed by atoms with Crippen molar-refractivity contribution in [3.8, 4) is 5.75 Å². The van der Waals surface area contributed by atoms with Gasteiger partial charge in [-0.15, -0.1) is 0 Å². The molecule has 1 saturated heterocycles. The number of aliphatic imine (C=N–C) groups is 1. The maximum Gasteiger partial charge on any atom is 0.242 e. The van der Waals surface area contributed by atoms with Gasteiger partial charge in [-0.3, -0.25) is 52.9 Å². The highest BCUT2D eigenvalue weighted by molar-refractivity contribution is 8.76. The summed E-state index contributed by atoms with van der Waals surface area (Å²) in [7, 11) is 2.57. The zero-order chi connectivity index (χ0) is 82.6. The van der Waals surface area contributed by atoms with E-state index in [1.807, 2.05) is 56.3 Å². The number of benzene rings is 3. The fraction of sp³-hybridized carbons (Fsp3) is 0.650. The molecule has 0 aromatic heterocycles. The lowest BCUT2D eigenvalue weighted by atomic mass is 9.88. The van der Waals surface area contributed by atoms with Gasteiger partial charge >= 0.3 is 0 Å². The number of primary amides is 1. The number of rotatable bonds is 50. The van der Waals surface area contributed by atoms with Gasteiger partial charge in [0.15, 0.2) is 23.3 Å². The third-order valence-corrected chi connectivity index (χ3v) is 21.3. The Morgan fingerprint density at radius 2 is 1.17 bits per heavy atom. The molecule has 1 aliphatic heterocycles. The third kappa shape index (κ3) is 44.4. The Kier molecular flexibility index (Phi) is 50.8. The number of ether oxygens (including phenoxy) is 6. The van der Waals surface area contributed by atoms with Crippen molar-refractivity contribution >= 4 is 115 Å². The number of unbranched alkanes of at least 4 members (excludes halogenated alkanes) is 3. The average molecular weight is 1640 g/mol. The van der Waals surface area contributed by atoms with Gasteiger partial charge in [0.25, 0.3) is 0 Å². The zero-order valence-electron chi connectivity index (χ0n) is 66.6. The first kappa shape index (κ1) is 98.1. The summed E-state index contributed by atoms with van der Waals surface area (Å²) in [4.78, 5) is 158. The number of hydrogen-bond donors (Lipinski definition) is 13. The lowest BCUT2D eigenvalue weighted by Crippen LogP contribution is -2.50. The first-order chi connectivity index (χ1) is 54.3. The van der Waals surface area contributed by atoms with Crippen LogP contribution in [0.3, 0.4) is 0 Å². The molecule has 1 heterocycles. The van der Waals surface area contributed by atoms with Gasteiger partial charge in [0, 0.05) is 92.3 Å². The molecule has 7 unspecified atom stereocenters. The maximum absolute atomic E-state index is 15.1.